The number of alkyl halides is 3. The highest BCUT2D eigenvalue weighted by atomic mass is 19.4. The Kier molecular flexibility index (Phi) is 11.8. The monoisotopic (exact) mass is 320 g/mol. The Labute approximate surface area is 132 Å². The van der Waals surface area contributed by atoms with Crippen LogP contribution >= 0.6 is 0 Å². The van der Waals surface area contributed by atoms with Gasteiger partial charge in [-0.2, -0.15) is 13.2 Å². The molecule has 128 valence electrons. The molecule has 0 radical (unpaired) electrons. The van der Waals surface area contributed by atoms with Gasteiger partial charge in [-0.1, -0.05) is 72.8 Å². The van der Waals surface area contributed by atoms with Crippen molar-refractivity contribution in [3.8, 4) is 0 Å². The van der Waals surface area contributed by atoms with Gasteiger partial charge in [0.05, 0.1) is 5.57 Å². The van der Waals surface area contributed by atoms with Gasteiger partial charge in [0.15, 0.2) is 0 Å². The lowest BCUT2D eigenvalue weighted by Crippen LogP contribution is -2.13. The van der Waals surface area contributed by atoms with Crippen molar-refractivity contribution < 1.29 is 17.6 Å². The van der Waals surface area contributed by atoms with Crippen molar-refractivity contribution in [2.24, 2.45) is 5.92 Å². The average Bonchev–Trinajstić information content (AvgIpc) is 2.46. The van der Waals surface area contributed by atoms with Gasteiger partial charge in [0.1, 0.15) is 5.83 Å². The van der Waals surface area contributed by atoms with Crippen LogP contribution in [0.3, 0.4) is 0 Å². The van der Waals surface area contributed by atoms with Crippen molar-refractivity contribution in [1.29, 1.82) is 0 Å². The predicted octanol–water partition coefficient (Wildman–Crippen LogP) is 7.31. The van der Waals surface area contributed by atoms with Gasteiger partial charge in [-0.05, 0) is 17.9 Å². The van der Waals surface area contributed by atoms with Crippen LogP contribution < -0.4 is 0 Å². The second-order valence-electron chi connectivity index (χ2n) is 5.12. The maximum atomic E-state index is 14.0. The summed E-state index contributed by atoms with van der Waals surface area (Å²) in [5, 5.41) is 0. The number of hydrogen-bond donors (Lipinski definition) is 0. The van der Waals surface area contributed by atoms with Gasteiger partial charge in [0.25, 0.3) is 0 Å². The average molecular weight is 320 g/mol. The minimum atomic E-state index is -4.67. The molecule has 0 nitrogen and oxygen atoms in total. The molecule has 0 aliphatic carbocycles. The minimum absolute atomic E-state index is 0.0529. The predicted molar refractivity (Wildman–Crippen MR) is 87.3 cm³/mol. The van der Waals surface area contributed by atoms with Crippen molar-refractivity contribution in [3.63, 3.8) is 0 Å². The maximum absolute atomic E-state index is 14.0. The van der Waals surface area contributed by atoms with Crippen molar-refractivity contribution >= 4 is 0 Å². The number of hydrogen-bond acceptors (Lipinski definition) is 0. The van der Waals surface area contributed by atoms with E-state index in [0.717, 1.165) is 12.5 Å². The molecule has 0 aliphatic heterocycles. The molecule has 4 heteroatoms. The molecule has 0 saturated heterocycles. The second kappa shape index (κ2) is 11.3. The zero-order valence-corrected chi connectivity index (χ0v) is 14.1. The van der Waals surface area contributed by atoms with E-state index in [1.54, 1.807) is 6.92 Å². The molecular weight excluding hydrogens is 292 g/mol. The molecule has 0 heterocycles. The fourth-order valence-electron chi connectivity index (χ4n) is 1.49. The van der Waals surface area contributed by atoms with Crippen LogP contribution in [0.4, 0.5) is 17.6 Å². The van der Waals surface area contributed by atoms with Gasteiger partial charge in [-0.15, -0.1) is 0 Å². The van der Waals surface area contributed by atoms with Crippen LogP contribution in [0.25, 0.3) is 0 Å². The summed E-state index contributed by atoms with van der Waals surface area (Å²) in [4.78, 5) is 0. The van der Waals surface area contributed by atoms with Gasteiger partial charge in [0.2, 0.25) is 0 Å². The van der Waals surface area contributed by atoms with E-state index >= 15 is 0 Å². The van der Waals surface area contributed by atoms with E-state index in [1.807, 2.05) is 6.92 Å². The quantitative estimate of drug-likeness (QED) is 0.340. The summed E-state index contributed by atoms with van der Waals surface area (Å²) in [7, 11) is 0. The largest absolute Gasteiger partial charge is 0.416 e. The van der Waals surface area contributed by atoms with Crippen molar-refractivity contribution in [2.75, 3.05) is 0 Å². The van der Waals surface area contributed by atoms with Gasteiger partial charge in [-0.25, -0.2) is 4.39 Å². The molecule has 0 bridgehead atoms. The molecule has 0 fully saturated rings. The number of unbranched alkanes of at least 4 members (excludes halogenated alkanes) is 1. The van der Waals surface area contributed by atoms with Crippen LogP contribution in [0, 0.1) is 5.92 Å². The Morgan fingerprint density at radius 2 is 1.50 bits per heavy atom. The molecule has 22 heavy (non-hydrogen) atoms. The van der Waals surface area contributed by atoms with E-state index in [9.17, 15) is 17.6 Å². The van der Waals surface area contributed by atoms with Gasteiger partial charge < -0.3 is 0 Å². The molecule has 0 saturated carbocycles. The summed E-state index contributed by atoms with van der Waals surface area (Å²) in [6, 6.07) is 0. The van der Waals surface area contributed by atoms with E-state index in [0.29, 0.717) is 6.42 Å². The highest BCUT2D eigenvalue weighted by molar-refractivity contribution is 5.47. The normalized spacial score (nSPS) is 13.5. The topological polar surface area (TPSA) is 0 Å². The standard InChI is InChI=1S/C14H18F4.C4H10/c1-6-8-9(3)10(4)13(15)12(7-2)11(5)14(16,17)18;1-3-4-2/h7,9H,2,4-6,8H2,1,3H3;3-4H2,1-2H3/b13-12-;. The molecule has 0 spiro atoms. The molecule has 1 atom stereocenters. The Morgan fingerprint density at radius 3 is 1.77 bits per heavy atom. The minimum Gasteiger partial charge on any atom is -0.206 e. The number of halogens is 4. The highest BCUT2D eigenvalue weighted by Crippen LogP contribution is 2.35. The smallest absolute Gasteiger partial charge is 0.206 e. The van der Waals surface area contributed by atoms with E-state index in [2.05, 4.69) is 33.6 Å². The van der Waals surface area contributed by atoms with Crippen LogP contribution in [0.1, 0.15) is 53.4 Å². The molecule has 0 aromatic rings. The first-order chi connectivity index (χ1) is 10.1. The van der Waals surface area contributed by atoms with Gasteiger partial charge >= 0.3 is 6.18 Å². The van der Waals surface area contributed by atoms with E-state index in [4.69, 9.17) is 0 Å². The van der Waals surface area contributed by atoms with Crippen LogP contribution in [0.2, 0.25) is 0 Å². The summed E-state index contributed by atoms with van der Waals surface area (Å²) in [5.41, 5.74) is -1.81. The summed E-state index contributed by atoms with van der Waals surface area (Å²) in [6.45, 7) is 17.6. The van der Waals surface area contributed by atoms with E-state index < -0.39 is 23.1 Å². The highest BCUT2D eigenvalue weighted by Gasteiger charge is 2.35. The van der Waals surface area contributed by atoms with Crippen LogP contribution in [-0.4, -0.2) is 6.18 Å². The molecular formula is C18H28F4. The lowest BCUT2D eigenvalue weighted by molar-refractivity contribution is -0.0888. The van der Waals surface area contributed by atoms with Crippen LogP contribution in [0.5, 0.6) is 0 Å². The number of allylic oxidation sites excluding steroid dienone is 5. The third kappa shape index (κ3) is 8.20. The van der Waals surface area contributed by atoms with Gasteiger partial charge in [-0.3, -0.25) is 0 Å². The number of rotatable bonds is 7. The lowest BCUT2D eigenvalue weighted by Gasteiger charge is -2.17. The summed E-state index contributed by atoms with van der Waals surface area (Å²) in [6.07, 6.45) is 0.260. The first-order valence-electron chi connectivity index (χ1n) is 7.56. The fourth-order valence-corrected chi connectivity index (χ4v) is 1.49. The van der Waals surface area contributed by atoms with Gasteiger partial charge in [0, 0.05) is 5.57 Å². The molecule has 1 unspecified atom stereocenters. The zero-order valence-electron chi connectivity index (χ0n) is 14.1. The molecule has 0 aromatic heterocycles. The Morgan fingerprint density at radius 1 is 1.05 bits per heavy atom. The Balaban J connectivity index is 0. The molecule has 0 amide bonds. The van der Waals surface area contributed by atoms with E-state index in [1.165, 1.54) is 12.8 Å². The second-order valence-corrected chi connectivity index (χ2v) is 5.12. The molecule has 0 N–H and O–H groups in total. The molecule has 0 aromatic carbocycles. The molecule has 0 aliphatic rings. The molecule has 0 rings (SSSR count). The first kappa shape index (κ1) is 23.0. The fraction of sp³-hybridized carbons (Fsp3) is 0.556. The summed E-state index contributed by atoms with van der Waals surface area (Å²) >= 11 is 0. The Hall–Kier alpha value is -1.32. The van der Waals surface area contributed by atoms with Crippen molar-refractivity contribution in [3.05, 3.63) is 48.4 Å². The Bertz CT molecular complexity index is 398. The maximum Gasteiger partial charge on any atom is 0.416 e. The third-order valence-corrected chi connectivity index (χ3v) is 3.21. The SMILES string of the molecule is C=C/C(C(=C)C(F)(F)F)=C(/F)C(=C)C(C)CCC.CCCC. The lowest BCUT2D eigenvalue weighted by atomic mass is 9.93. The van der Waals surface area contributed by atoms with Crippen LogP contribution in [-0.2, 0) is 0 Å². The van der Waals surface area contributed by atoms with Crippen molar-refractivity contribution in [1.82, 2.24) is 0 Å². The summed E-state index contributed by atoms with van der Waals surface area (Å²) < 4.78 is 51.4. The summed E-state index contributed by atoms with van der Waals surface area (Å²) in [5.74, 6) is -1.20. The van der Waals surface area contributed by atoms with Crippen LogP contribution in [0.15, 0.2) is 48.4 Å². The first-order valence-corrected chi connectivity index (χ1v) is 7.56. The van der Waals surface area contributed by atoms with Crippen molar-refractivity contribution in [2.45, 2.75) is 59.6 Å². The third-order valence-electron chi connectivity index (χ3n) is 3.21. The van der Waals surface area contributed by atoms with E-state index in [-0.39, 0.29) is 11.5 Å². The zero-order chi connectivity index (χ0) is 17.9.